The second-order valence-corrected chi connectivity index (χ2v) is 6.35. The number of aliphatic imine (C=N–C) groups is 1. The minimum Gasteiger partial charge on any atom is -0.462 e. The van der Waals surface area contributed by atoms with Crippen LogP contribution in [0.15, 0.2) is 41.5 Å². The Kier molecular flexibility index (Phi) is 4.89. The van der Waals surface area contributed by atoms with Crippen LogP contribution in [0, 0.1) is 3.57 Å². The van der Waals surface area contributed by atoms with Gasteiger partial charge < -0.3 is 10.1 Å². The molecule has 1 N–H and O–H groups in total. The van der Waals surface area contributed by atoms with Gasteiger partial charge in [-0.05, 0) is 59.8 Å². The average molecular weight is 435 g/mol. The third-order valence-corrected chi connectivity index (χ3v) is 4.21. The molecule has 24 heavy (non-hydrogen) atoms. The summed E-state index contributed by atoms with van der Waals surface area (Å²) in [5, 5.41) is 2.70. The second kappa shape index (κ2) is 7.08. The van der Waals surface area contributed by atoms with Crippen molar-refractivity contribution in [2.75, 3.05) is 11.9 Å². The molecule has 0 spiro atoms. The lowest BCUT2D eigenvalue weighted by molar-refractivity contribution is -0.115. The van der Waals surface area contributed by atoms with E-state index in [1.165, 1.54) is 6.20 Å². The van der Waals surface area contributed by atoms with E-state index in [4.69, 9.17) is 4.74 Å². The number of hydrogen-bond donors (Lipinski definition) is 1. The molecule has 0 fully saturated rings. The summed E-state index contributed by atoms with van der Waals surface area (Å²) in [5.41, 5.74) is 1.70. The molecule has 0 saturated carbocycles. The van der Waals surface area contributed by atoms with E-state index in [9.17, 15) is 9.59 Å². The van der Waals surface area contributed by atoms with Crippen molar-refractivity contribution in [1.82, 2.24) is 4.98 Å². The van der Waals surface area contributed by atoms with Crippen molar-refractivity contribution in [3.63, 3.8) is 0 Å². The molecule has 7 heteroatoms. The highest BCUT2D eigenvalue weighted by Crippen LogP contribution is 2.31. The van der Waals surface area contributed by atoms with Gasteiger partial charge in [0.15, 0.2) is 0 Å². The van der Waals surface area contributed by atoms with Crippen molar-refractivity contribution in [3.8, 4) is 0 Å². The van der Waals surface area contributed by atoms with Crippen molar-refractivity contribution in [1.29, 1.82) is 0 Å². The van der Waals surface area contributed by atoms with Crippen LogP contribution in [0.1, 0.15) is 28.8 Å². The van der Waals surface area contributed by atoms with Gasteiger partial charge >= 0.3 is 5.97 Å². The van der Waals surface area contributed by atoms with Gasteiger partial charge in [0.25, 0.3) is 0 Å². The molecular formula is C17H14IN3O3. The van der Waals surface area contributed by atoms with Crippen LogP contribution in [0.3, 0.4) is 0 Å². The minimum absolute atomic E-state index is 0.215. The third kappa shape index (κ3) is 3.45. The number of esters is 1. The Morgan fingerprint density at radius 2 is 2.17 bits per heavy atom. The summed E-state index contributed by atoms with van der Waals surface area (Å²) in [6.07, 6.45) is 2.97. The molecule has 0 radical (unpaired) electrons. The zero-order valence-corrected chi connectivity index (χ0v) is 15.0. The standard InChI is InChI=1S/C17H14IN3O3/c1-2-24-17(23)10-7-13-14(16(22)21-15(13)20-8-10)9-19-12-5-3-11(18)4-6-12/h3-9,14H,2H2,1H3,(H,20,21,22). The fraction of sp³-hybridized carbons (Fsp3) is 0.176. The summed E-state index contributed by atoms with van der Waals surface area (Å²) in [7, 11) is 0. The molecule has 1 unspecified atom stereocenters. The second-order valence-electron chi connectivity index (χ2n) is 5.10. The number of rotatable bonds is 4. The van der Waals surface area contributed by atoms with Gasteiger partial charge in [0.1, 0.15) is 11.7 Å². The summed E-state index contributed by atoms with van der Waals surface area (Å²) in [6.45, 7) is 2.02. The van der Waals surface area contributed by atoms with Crippen molar-refractivity contribution in [2.24, 2.45) is 4.99 Å². The normalized spacial score (nSPS) is 16.1. The average Bonchev–Trinajstić information content (AvgIpc) is 2.89. The number of carbonyl (C=O) groups excluding carboxylic acids is 2. The number of hydrogen-bond acceptors (Lipinski definition) is 5. The Morgan fingerprint density at radius 3 is 2.88 bits per heavy atom. The highest BCUT2D eigenvalue weighted by Gasteiger charge is 2.31. The van der Waals surface area contributed by atoms with Gasteiger partial charge in [0.05, 0.1) is 17.9 Å². The molecule has 1 aromatic carbocycles. The van der Waals surface area contributed by atoms with Gasteiger partial charge in [-0.2, -0.15) is 0 Å². The highest BCUT2D eigenvalue weighted by molar-refractivity contribution is 14.1. The molecule has 1 aliphatic rings. The summed E-state index contributed by atoms with van der Waals surface area (Å²) in [5.74, 6) is -0.804. The molecule has 0 saturated heterocycles. The lowest BCUT2D eigenvalue weighted by Crippen LogP contribution is -2.13. The van der Waals surface area contributed by atoms with Crippen LogP contribution in [0.4, 0.5) is 11.5 Å². The zero-order chi connectivity index (χ0) is 17.1. The maximum Gasteiger partial charge on any atom is 0.339 e. The lowest BCUT2D eigenvalue weighted by Gasteiger charge is -2.05. The quantitative estimate of drug-likeness (QED) is 0.454. The first-order chi connectivity index (χ1) is 11.6. The minimum atomic E-state index is -0.582. The van der Waals surface area contributed by atoms with Gasteiger partial charge in [-0.15, -0.1) is 0 Å². The molecule has 1 aliphatic heterocycles. The van der Waals surface area contributed by atoms with E-state index < -0.39 is 11.9 Å². The number of aromatic nitrogens is 1. The summed E-state index contributed by atoms with van der Waals surface area (Å²) in [4.78, 5) is 32.5. The number of pyridine rings is 1. The number of nitrogens with one attached hydrogen (secondary N) is 1. The number of benzene rings is 1. The molecule has 1 aromatic heterocycles. The van der Waals surface area contributed by atoms with E-state index in [1.807, 2.05) is 24.3 Å². The van der Waals surface area contributed by atoms with Gasteiger partial charge in [-0.3, -0.25) is 9.79 Å². The highest BCUT2D eigenvalue weighted by atomic mass is 127. The molecule has 122 valence electrons. The Morgan fingerprint density at radius 1 is 1.42 bits per heavy atom. The Labute approximate surface area is 152 Å². The number of amides is 1. The number of anilines is 1. The van der Waals surface area contributed by atoms with E-state index in [1.54, 1.807) is 19.2 Å². The molecule has 3 rings (SSSR count). The SMILES string of the molecule is CCOC(=O)c1cnc2c(c1)C(C=Nc1ccc(I)cc1)C(=O)N2. The Bertz CT molecular complexity index is 818. The van der Waals surface area contributed by atoms with Crippen molar-refractivity contribution in [2.45, 2.75) is 12.8 Å². The molecule has 1 amide bonds. The predicted molar refractivity (Wildman–Crippen MR) is 98.9 cm³/mol. The predicted octanol–water partition coefficient (Wildman–Crippen LogP) is 3.30. The molecular weight excluding hydrogens is 421 g/mol. The maximum atomic E-state index is 12.2. The first-order valence-electron chi connectivity index (χ1n) is 7.36. The van der Waals surface area contributed by atoms with Crippen molar-refractivity contribution >= 4 is 52.2 Å². The van der Waals surface area contributed by atoms with E-state index in [0.717, 1.165) is 9.26 Å². The van der Waals surface area contributed by atoms with Gasteiger partial charge in [-0.1, -0.05) is 0 Å². The number of ether oxygens (including phenoxy) is 1. The van der Waals surface area contributed by atoms with Crippen LogP contribution in [0.2, 0.25) is 0 Å². The molecule has 0 aliphatic carbocycles. The number of halogens is 1. The van der Waals surface area contributed by atoms with Crippen LogP contribution in [0.5, 0.6) is 0 Å². The fourth-order valence-electron chi connectivity index (χ4n) is 2.32. The molecule has 2 heterocycles. The van der Waals surface area contributed by atoms with Crippen molar-refractivity contribution in [3.05, 3.63) is 51.2 Å². The fourth-order valence-corrected chi connectivity index (χ4v) is 2.68. The van der Waals surface area contributed by atoms with E-state index in [0.29, 0.717) is 16.9 Å². The van der Waals surface area contributed by atoms with Gasteiger partial charge in [0.2, 0.25) is 5.91 Å². The van der Waals surface area contributed by atoms with E-state index in [-0.39, 0.29) is 12.5 Å². The third-order valence-electron chi connectivity index (χ3n) is 3.49. The molecule has 1 atom stereocenters. The lowest BCUT2D eigenvalue weighted by atomic mass is 10.0. The topological polar surface area (TPSA) is 80.7 Å². The van der Waals surface area contributed by atoms with Crippen molar-refractivity contribution < 1.29 is 14.3 Å². The van der Waals surface area contributed by atoms with Crippen LogP contribution >= 0.6 is 22.6 Å². The Hall–Kier alpha value is -2.29. The van der Waals surface area contributed by atoms with Gasteiger partial charge in [-0.25, -0.2) is 9.78 Å². The van der Waals surface area contributed by atoms with Crippen LogP contribution in [0.25, 0.3) is 0 Å². The number of fused-ring (bicyclic) bond motifs is 1. The summed E-state index contributed by atoms with van der Waals surface area (Å²) < 4.78 is 6.08. The first kappa shape index (κ1) is 16.6. The smallest absolute Gasteiger partial charge is 0.339 e. The maximum absolute atomic E-state index is 12.2. The van der Waals surface area contributed by atoms with Crippen LogP contribution < -0.4 is 5.32 Å². The first-order valence-corrected chi connectivity index (χ1v) is 8.44. The zero-order valence-electron chi connectivity index (χ0n) is 12.8. The summed E-state index contributed by atoms with van der Waals surface area (Å²) in [6, 6.07) is 9.26. The molecule has 0 bridgehead atoms. The van der Waals surface area contributed by atoms with E-state index in [2.05, 4.69) is 37.9 Å². The number of carbonyl (C=O) groups is 2. The summed E-state index contributed by atoms with van der Waals surface area (Å²) >= 11 is 2.21. The molecule has 2 aromatic rings. The largest absolute Gasteiger partial charge is 0.462 e. The molecule has 6 nitrogen and oxygen atoms in total. The van der Waals surface area contributed by atoms with Crippen LogP contribution in [-0.2, 0) is 9.53 Å². The van der Waals surface area contributed by atoms with E-state index >= 15 is 0 Å². The number of nitrogens with zero attached hydrogens (tertiary/aromatic N) is 2. The Balaban J connectivity index is 1.88. The van der Waals surface area contributed by atoms with Crippen LogP contribution in [-0.4, -0.2) is 29.7 Å². The van der Waals surface area contributed by atoms with Gasteiger partial charge in [0, 0.05) is 21.5 Å². The monoisotopic (exact) mass is 435 g/mol.